The molecule has 6 rings (SSSR count). The van der Waals surface area contributed by atoms with Crippen molar-refractivity contribution >= 4 is 25.8 Å². The number of hydrogen-bond acceptors (Lipinski definition) is 11. The van der Waals surface area contributed by atoms with Crippen LogP contribution in [0.1, 0.15) is 48.6 Å². The van der Waals surface area contributed by atoms with Gasteiger partial charge in [-0.25, -0.2) is 23.6 Å². The molecule has 1 unspecified atom stereocenters. The number of hydrogen-bond donors (Lipinski definition) is 1. The first kappa shape index (κ1) is 36.9. The summed E-state index contributed by atoms with van der Waals surface area (Å²) in [6, 6.07) is 29.1. The predicted octanol–water partition coefficient (Wildman–Crippen LogP) is 6.83. The Morgan fingerprint density at radius 3 is 2.00 bits per heavy atom. The number of carbonyl (C=O) groups is 2. The van der Waals surface area contributed by atoms with Crippen LogP contribution in [0.15, 0.2) is 108 Å². The maximum atomic E-state index is 14.3. The smallest absolute Gasteiger partial charge is 0.444 e. The molecule has 3 aromatic carbocycles. The molecule has 1 amide bonds. The van der Waals surface area contributed by atoms with Gasteiger partial charge in [-0.05, 0) is 35.6 Å². The maximum absolute atomic E-state index is 14.3. The zero-order chi connectivity index (χ0) is 36.2. The topological polar surface area (TPSA) is 157 Å². The van der Waals surface area contributed by atoms with E-state index >= 15 is 0 Å². The van der Waals surface area contributed by atoms with Gasteiger partial charge in [-0.15, -0.1) is 0 Å². The zero-order valence-electron chi connectivity index (χ0n) is 28.5. The van der Waals surface area contributed by atoms with Gasteiger partial charge in [-0.3, -0.25) is 18.9 Å². The number of rotatable bonds is 14. The van der Waals surface area contributed by atoms with E-state index in [0.29, 0.717) is 13.1 Å². The Kier molecular flexibility index (Phi) is 12.8. The first-order chi connectivity index (χ1) is 25.3. The molecule has 0 spiro atoms. The highest BCUT2D eigenvalue weighted by Crippen LogP contribution is 2.54. The number of piperidine rings is 1. The number of ether oxygens (including phenoxy) is 4. The van der Waals surface area contributed by atoms with Crippen LogP contribution in [0.2, 0.25) is 0 Å². The van der Waals surface area contributed by atoms with Crippen molar-refractivity contribution < 1.29 is 42.1 Å². The molecule has 2 saturated heterocycles. The summed E-state index contributed by atoms with van der Waals surface area (Å²) in [7, 11) is -3.82. The van der Waals surface area contributed by atoms with Gasteiger partial charge in [0.15, 0.2) is 0 Å². The lowest BCUT2D eigenvalue weighted by Gasteiger charge is -2.33. The second-order valence-electron chi connectivity index (χ2n) is 12.3. The van der Waals surface area contributed by atoms with Crippen LogP contribution in [0, 0.1) is 0 Å². The number of anilines is 1. The van der Waals surface area contributed by atoms with Crippen molar-refractivity contribution in [1.29, 1.82) is 0 Å². The van der Waals surface area contributed by atoms with E-state index in [-0.39, 0.29) is 38.7 Å². The third-order valence-corrected chi connectivity index (χ3v) is 10.6. The van der Waals surface area contributed by atoms with Crippen molar-refractivity contribution in [3.8, 4) is 0 Å². The van der Waals surface area contributed by atoms with E-state index in [9.17, 15) is 18.9 Å². The van der Waals surface area contributed by atoms with Gasteiger partial charge in [-0.2, -0.15) is 4.98 Å². The monoisotopic (exact) mass is 732 g/mol. The number of nitrogens with zero attached hydrogens (tertiary/aromatic N) is 3. The molecule has 52 heavy (non-hydrogen) atoms. The summed E-state index contributed by atoms with van der Waals surface area (Å²) in [6.45, 7) is 0.891. The van der Waals surface area contributed by atoms with E-state index in [1.807, 2.05) is 91.0 Å². The third kappa shape index (κ3) is 10.4. The molecule has 1 aromatic heterocycles. The second kappa shape index (κ2) is 18.1. The molecule has 2 aliphatic rings. The molecule has 3 heterocycles. The molecule has 15 heteroatoms. The summed E-state index contributed by atoms with van der Waals surface area (Å²) in [4.78, 5) is 42.4. The number of benzene rings is 3. The Labute approximate surface area is 301 Å². The van der Waals surface area contributed by atoms with E-state index in [1.165, 1.54) is 16.8 Å². The fraction of sp³-hybridized carbons (Fsp3) is 0.351. The summed E-state index contributed by atoms with van der Waals surface area (Å²) < 4.78 is 51.8. The van der Waals surface area contributed by atoms with E-state index in [4.69, 9.17) is 28.0 Å². The van der Waals surface area contributed by atoms with Gasteiger partial charge < -0.3 is 18.9 Å². The molecule has 0 radical (unpaired) electrons. The minimum Gasteiger partial charge on any atom is -0.444 e. The zero-order valence-corrected chi connectivity index (χ0v) is 29.4. The van der Waals surface area contributed by atoms with Gasteiger partial charge in [0.2, 0.25) is 0 Å². The van der Waals surface area contributed by atoms with E-state index < -0.39 is 44.1 Å². The second-order valence-corrected chi connectivity index (χ2v) is 14.3. The molecule has 0 bridgehead atoms. The number of aromatic nitrogens is 2. The van der Waals surface area contributed by atoms with Crippen molar-refractivity contribution in [1.82, 2.24) is 14.2 Å². The Balaban J connectivity index is 1.14. The van der Waals surface area contributed by atoms with Crippen LogP contribution in [0.5, 0.6) is 0 Å². The molecule has 1 N–H and O–H groups in total. The SMILES string of the molecule is O=C(Nc1ccn([C@H]2C[C@H](OC(=O)OCc3ccccc3)[C@@H](COP(=O)(OCc3ccccc3)N3CCCCC3)O2)c(=O)n1)OCc1ccccc1. The molecular weight excluding hydrogens is 691 g/mol. The quantitative estimate of drug-likeness (QED) is 0.107. The Morgan fingerprint density at radius 1 is 0.788 bits per heavy atom. The van der Waals surface area contributed by atoms with Crippen LogP contribution in [0.3, 0.4) is 0 Å². The summed E-state index contributed by atoms with van der Waals surface area (Å²) in [6.07, 6.45) is -0.443. The van der Waals surface area contributed by atoms with Crippen LogP contribution in [-0.4, -0.2) is 58.4 Å². The van der Waals surface area contributed by atoms with Gasteiger partial charge in [0, 0.05) is 25.7 Å². The molecule has 2 aliphatic heterocycles. The van der Waals surface area contributed by atoms with E-state index in [1.54, 1.807) is 4.67 Å². The molecule has 0 aliphatic carbocycles. The van der Waals surface area contributed by atoms with Gasteiger partial charge in [0.05, 0.1) is 13.2 Å². The summed E-state index contributed by atoms with van der Waals surface area (Å²) >= 11 is 0. The Morgan fingerprint density at radius 2 is 1.38 bits per heavy atom. The fourth-order valence-corrected chi connectivity index (χ4v) is 7.63. The minimum atomic E-state index is -3.82. The van der Waals surface area contributed by atoms with Crippen LogP contribution < -0.4 is 11.0 Å². The Bertz CT molecular complexity index is 1860. The first-order valence-electron chi connectivity index (χ1n) is 17.1. The van der Waals surface area contributed by atoms with Crippen LogP contribution in [0.25, 0.3) is 0 Å². The highest BCUT2D eigenvalue weighted by Gasteiger charge is 2.43. The predicted molar refractivity (Wildman–Crippen MR) is 189 cm³/mol. The number of amides is 1. The molecular formula is C37H41N4O10P. The third-order valence-electron chi connectivity index (χ3n) is 8.53. The average Bonchev–Trinajstić information content (AvgIpc) is 3.58. The summed E-state index contributed by atoms with van der Waals surface area (Å²) in [5, 5.41) is 2.45. The van der Waals surface area contributed by atoms with Gasteiger partial charge in [-0.1, -0.05) is 97.4 Å². The van der Waals surface area contributed by atoms with Crippen LogP contribution >= 0.6 is 7.75 Å². The molecule has 2 fully saturated rings. The molecule has 14 nitrogen and oxygen atoms in total. The van der Waals surface area contributed by atoms with Crippen molar-refractivity contribution in [2.24, 2.45) is 0 Å². The van der Waals surface area contributed by atoms with E-state index in [0.717, 1.165) is 36.0 Å². The molecule has 4 atom stereocenters. The van der Waals surface area contributed by atoms with Crippen LogP contribution in [0.4, 0.5) is 15.4 Å². The Hall–Kier alpha value is -4.85. The minimum absolute atomic E-state index is 0.0129. The number of carbonyl (C=O) groups excluding carboxylic acids is 2. The summed E-state index contributed by atoms with van der Waals surface area (Å²) in [5.41, 5.74) is 1.67. The largest absolute Gasteiger partial charge is 0.508 e. The summed E-state index contributed by atoms with van der Waals surface area (Å²) in [5.74, 6) is -0.0208. The van der Waals surface area contributed by atoms with Gasteiger partial charge >= 0.3 is 25.7 Å². The number of nitrogens with one attached hydrogen (secondary N) is 1. The average molecular weight is 733 g/mol. The van der Waals surface area contributed by atoms with Crippen molar-refractivity contribution in [3.63, 3.8) is 0 Å². The van der Waals surface area contributed by atoms with Gasteiger partial charge in [0.25, 0.3) is 0 Å². The highest BCUT2D eigenvalue weighted by atomic mass is 31.2. The van der Waals surface area contributed by atoms with Crippen molar-refractivity contribution in [3.05, 3.63) is 130 Å². The first-order valence-corrected chi connectivity index (χ1v) is 18.6. The normalized spacial score (nSPS) is 20.0. The molecule has 0 saturated carbocycles. The fourth-order valence-electron chi connectivity index (χ4n) is 5.81. The van der Waals surface area contributed by atoms with Crippen molar-refractivity contribution in [2.45, 2.75) is 63.9 Å². The van der Waals surface area contributed by atoms with Crippen molar-refractivity contribution in [2.75, 3.05) is 25.0 Å². The van der Waals surface area contributed by atoms with Crippen LogP contribution in [-0.2, 0) is 52.4 Å². The lowest BCUT2D eigenvalue weighted by molar-refractivity contribution is -0.0579. The lowest BCUT2D eigenvalue weighted by Crippen LogP contribution is -2.34. The molecule has 4 aromatic rings. The maximum Gasteiger partial charge on any atom is 0.508 e. The van der Waals surface area contributed by atoms with Gasteiger partial charge in [0.1, 0.15) is 37.5 Å². The molecule has 274 valence electrons. The highest BCUT2D eigenvalue weighted by molar-refractivity contribution is 7.51. The standard InChI is InChI=1S/C37H41N4O10P/c42-35-38-33(39-36(43)46-24-28-13-5-1-6-14-28)19-22-41(35)34-23-31(51-37(44)47-25-29-15-7-2-8-16-29)32(50-34)27-49-52(45,40-20-11-4-12-21-40)48-26-30-17-9-3-10-18-30/h1-3,5-10,13-19,22,31-32,34H,4,11-12,20-21,23-27H2,(H,38,39,42,43)/t31-,32+,34+,52?/m0/s1. The van der Waals surface area contributed by atoms with E-state index in [2.05, 4.69) is 10.3 Å². The lowest BCUT2D eigenvalue weighted by atomic mass is 10.2.